The highest BCUT2D eigenvalue weighted by atomic mass is 16.5. The minimum atomic E-state index is -0.298. The Labute approximate surface area is 115 Å². The van der Waals surface area contributed by atoms with Crippen molar-refractivity contribution in [3.05, 3.63) is 34.6 Å². The molecule has 0 atom stereocenters. The van der Waals surface area contributed by atoms with E-state index in [0.717, 1.165) is 12.0 Å². The van der Waals surface area contributed by atoms with Gasteiger partial charge in [-0.25, -0.2) is 15.3 Å². The third kappa shape index (κ3) is 2.16. The lowest BCUT2D eigenvalue weighted by atomic mass is 10.2. The van der Waals surface area contributed by atoms with E-state index in [2.05, 4.69) is 20.3 Å². The van der Waals surface area contributed by atoms with Crippen LogP contribution in [0.3, 0.4) is 0 Å². The highest BCUT2D eigenvalue weighted by Gasteiger charge is 2.17. The van der Waals surface area contributed by atoms with Crippen LogP contribution in [0.1, 0.15) is 13.3 Å². The number of aromatic amines is 1. The van der Waals surface area contributed by atoms with Gasteiger partial charge in [0.15, 0.2) is 11.5 Å². The summed E-state index contributed by atoms with van der Waals surface area (Å²) in [6.45, 7) is 2.65. The summed E-state index contributed by atoms with van der Waals surface area (Å²) in [6, 6.07) is 7.46. The number of rotatable bonds is 4. The van der Waals surface area contributed by atoms with Gasteiger partial charge in [0.1, 0.15) is 17.9 Å². The van der Waals surface area contributed by atoms with Crippen molar-refractivity contribution in [2.45, 2.75) is 13.3 Å². The Morgan fingerprint density at radius 1 is 1.30 bits per heavy atom. The molecule has 0 saturated carbocycles. The first kappa shape index (κ1) is 12.4. The number of aromatic nitrogens is 2. The third-order valence-corrected chi connectivity index (χ3v) is 2.85. The molecule has 1 aromatic carbocycles. The molecule has 6 heteroatoms. The second-order valence-electron chi connectivity index (χ2n) is 4.31. The molecular weight excluding hydrogens is 256 g/mol. The van der Waals surface area contributed by atoms with Gasteiger partial charge in [-0.2, -0.15) is 0 Å². The summed E-state index contributed by atoms with van der Waals surface area (Å²) in [5.74, 6) is 1.47. The molecule has 1 N–H and O–H groups in total. The van der Waals surface area contributed by atoms with Gasteiger partial charge in [0.2, 0.25) is 0 Å². The molecule has 2 heterocycles. The molecule has 20 heavy (non-hydrogen) atoms. The summed E-state index contributed by atoms with van der Waals surface area (Å²) in [5.41, 5.74) is 0.691. The number of hydrogen-bond acceptors (Lipinski definition) is 4. The Morgan fingerprint density at radius 3 is 3.00 bits per heavy atom. The summed E-state index contributed by atoms with van der Waals surface area (Å²) in [5, 5.41) is 3.88. The number of benzene rings is 1. The molecule has 0 saturated heterocycles. The van der Waals surface area contributed by atoms with E-state index >= 15 is 0 Å². The van der Waals surface area contributed by atoms with Gasteiger partial charge >= 0.3 is 0 Å². The fraction of sp³-hybridized carbons (Fsp3) is 0.214. The number of nitrogens with zero attached hydrogens (tertiary/aromatic N) is 3. The molecule has 2 aromatic rings. The fourth-order valence-electron chi connectivity index (χ4n) is 1.93. The van der Waals surface area contributed by atoms with Crippen LogP contribution in [0, 0.1) is 0 Å². The first-order chi connectivity index (χ1) is 9.79. The molecule has 0 amide bonds. The van der Waals surface area contributed by atoms with Crippen molar-refractivity contribution in [1.29, 1.82) is 0 Å². The van der Waals surface area contributed by atoms with Crippen LogP contribution in [0.4, 0.5) is 11.5 Å². The summed E-state index contributed by atoms with van der Waals surface area (Å²) in [7, 11) is 0. The van der Waals surface area contributed by atoms with E-state index in [0.29, 0.717) is 24.0 Å². The lowest BCUT2D eigenvalue weighted by Gasteiger charge is -2.10. The standard InChI is InChI=1S/C14H13N4O2/c1-2-7-20-10-6-4-3-5-9(10)12-17-13-11(14(19)18-12)15-8-16-13/h3-6,8H,2,7H2,1H3,(H,17,18,19). The van der Waals surface area contributed by atoms with Crippen molar-refractivity contribution in [3.63, 3.8) is 0 Å². The maximum Gasteiger partial charge on any atom is 0.279 e. The van der Waals surface area contributed by atoms with Gasteiger partial charge in [-0.15, -0.1) is 0 Å². The molecule has 0 aliphatic carbocycles. The number of hydrogen-bond donors (Lipinski definition) is 1. The van der Waals surface area contributed by atoms with Crippen LogP contribution in [0.15, 0.2) is 34.1 Å². The van der Waals surface area contributed by atoms with Gasteiger partial charge in [0.25, 0.3) is 5.56 Å². The summed E-state index contributed by atoms with van der Waals surface area (Å²) in [6.07, 6.45) is 2.24. The smallest absolute Gasteiger partial charge is 0.279 e. The van der Waals surface area contributed by atoms with Gasteiger partial charge in [0.05, 0.1) is 12.2 Å². The van der Waals surface area contributed by atoms with Gasteiger partial charge in [-0.1, -0.05) is 19.1 Å². The topological polar surface area (TPSA) is 81.4 Å². The number of ether oxygens (including phenoxy) is 1. The van der Waals surface area contributed by atoms with E-state index in [1.165, 1.54) is 6.34 Å². The van der Waals surface area contributed by atoms with Crippen molar-refractivity contribution in [2.75, 3.05) is 6.61 Å². The van der Waals surface area contributed by atoms with Crippen LogP contribution in [0.5, 0.6) is 5.75 Å². The van der Waals surface area contributed by atoms with E-state index in [4.69, 9.17) is 4.74 Å². The van der Waals surface area contributed by atoms with Crippen LogP contribution < -0.4 is 15.6 Å². The SMILES string of the molecule is CCCOc1ccccc1-c1nc2c(c(=O)[nH]1)[N]C=N2. The molecule has 0 fully saturated rings. The van der Waals surface area contributed by atoms with Crippen LogP contribution in [-0.2, 0) is 0 Å². The molecule has 6 nitrogen and oxygen atoms in total. The molecule has 1 radical (unpaired) electrons. The van der Waals surface area contributed by atoms with Crippen LogP contribution in [0.25, 0.3) is 11.4 Å². The Hall–Kier alpha value is -2.63. The molecule has 3 rings (SSSR count). The van der Waals surface area contributed by atoms with Crippen molar-refractivity contribution in [3.8, 4) is 17.1 Å². The molecule has 0 bridgehead atoms. The second kappa shape index (κ2) is 5.16. The minimum absolute atomic E-state index is 0.251. The molecule has 1 aliphatic heterocycles. The number of nitrogens with one attached hydrogen (secondary N) is 1. The highest BCUT2D eigenvalue weighted by molar-refractivity contribution is 5.80. The average Bonchev–Trinajstić information content (AvgIpc) is 2.94. The number of aliphatic imine (C=N–C) groups is 1. The lowest BCUT2D eigenvalue weighted by Crippen LogP contribution is -2.12. The van der Waals surface area contributed by atoms with Gasteiger partial charge in [-0.3, -0.25) is 4.79 Å². The van der Waals surface area contributed by atoms with Crippen molar-refractivity contribution < 1.29 is 4.74 Å². The van der Waals surface area contributed by atoms with Crippen LogP contribution in [0.2, 0.25) is 0 Å². The number of H-pyrrole nitrogens is 1. The average molecular weight is 269 g/mol. The zero-order chi connectivity index (χ0) is 13.9. The highest BCUT2D eigenvalue weighted by Crippen LogP contribution is 2.30. The van der Waals surface area contributed by atoms with E-state index < -0.39 is 0 Å². The Bertz CT molecular complexity index is 721. The predicted octanol–water partition coefficient (Wildman–Crippen LogP) is 2.13. The second-order valence-corrected chi connectivity index (χ2v) is 4.31. The molecular formula is C14H13N4O2. The quantitative estimate of drug-likeness (QED) is 0.923. The maximum atomic E-state index is 11.9. The van der Waals surface area contributed by atoms with E-state index in [1.807, 2.05) is 31.2 Å². The van der Waals surface area contributed by atoms with Crippen molar-refractivity contribution in [2.24, 2.45) is 4.99 Å². The molecule has 1 aromatic heterocycles. The fourth-order valence-corrected chi connectivity index (χ4v) is 1.93. The van der Waals surface area contributed by atoms with E-state index in [9.17, 15) is 4.79 Å². The Kier molecular flexibility index (Phi) is 3.20. The molecule has 0 spiro atoms. The van der Waals surface area contributed by atoms with Crippen LogP contribution >= 0.6 is 0 Å². The maximum absolute atomic E-state index is 11.9. The molecule has 101 valence electrons. The van der Waals surface area contributed by atoms with Crippen molar-refractivity contribution in [1.82, 2.24) is 15.3 Å². The first-order valence-electron chi connectivity index (χ1n) is 6.39. The zero-order valence-corrected chi connectivity index (χ0v) is 11.0. The first-order valence-corrected chi connectivity index (χ1v) is 6.39. The Balaban J connectivity index is 2.07. The number of fused-ring (bicyclic) bond motifs is 1. The van der Waals surface area contributed by atoms with Crippen LogP contribution in [-0.4, -0.2) is 22.9 Å². The molecule has 1 aliphatic rings. The van der Waals surface area contributed by atoms with E-state index in [-0.39, 0.29) is 11.2 Å². The zero-order valence-electron chi connectivity index (χ0n) is 11.0. The minimum Gasteiger partial charge on any atom is -0.493 e. The summed E-state index contributed by atoms with van der Waals surface area (Å²) in [4.78, 5) is 22.9. The van der Waals surface area contributed by atoms with Gasteiger partial charge < -0.3 is 9.72 Å². The monoisotopic (exact) mass is 269 g/mol. The van der Waals surface area contributed by atoms with E-state index in [1.54, 1.807) is 0 Å². The Morgan fingerprint density at radius 2 is 2.15 bits per heavy atom. The third-order valence-electron chi connectivity index (χ3n) is 2.85. The summed E-state index contributed by atoms with van der Waals surface area (Å²) >= 11 is 0. The lowest BCUT2D eigenvalue weighted by molar-refractivity contribution is 0.318. The van der Waals surface area contributed by atoms with Crippen molar-refractivity contribution >= 4 is 17.8 Å². The molecule has 0 unspecified atom stereocenters. The van der Waals surface area contributed by atoms with Gasteiger partial charge in [0, 0.05) is 0 Å². The van der Waals surface area contributed by atoms with Gasteiger partial charge in [-0.05, 0) is 18.6 Å². The number of para-hydroxylation sites is 1. The predicted molar refractivity (Wildman–Crippen MR) is 76.0 cm³/mol. The normalized spacial score (nSPS) is 12.1. The summed E-state index contributed by atoms with van der Waals surface area (Å²) < 4.78 is 5.68. The largest absolute Gasteiger partial charge is 0.493 e.